The Hall–Kier alpha value is -0.740. The molecule has 1 aromatic heterocycles. The Morgan fingerprint density at radius 3 is 2.80 bits per heavy atom. The van der Waals surface area contributed by atoms with E-state index < -0.39 is 11.1 Å². The van der Waals surface area contributed by atoms with Crippen LogP contribution in [0.4, 0.5) is 0 Å². The lowest BCUT2D eigenvalue weighted by Crippen LogP contribution is -1.92. The van der Waals surface area contributed by atoms with Crippen molar-refractivity contribution in [2.75, 3.05) is 0 Å². The lowest BCUT2D eigenvalue weighted by molar-refractivity contribution is 0.533. The maximum Gasteiger partial charge on any atom is 0.113 e. The molecule has 0 aromatic carbocycles. The number of hydrogen-bond donors (Lipinski definition) is 0. The summed E-state index contributed by atoms with van der Waals surface area (Å²) in [4.78, 5) is 3.63. The van der Waals surface area contributed by atoms with Gasteiger partial charge >= 0.3 is 0 Å². The molecular formula is C6H6NO2S-. The number of nitrogens with zero attached hydrogens (tertiary/aromatic N) is 1. The number of rotatable bonds is 1. The highest BCUT2D eigenvalue weighted by Gasteiger charge is 1.91. The first-order valence-corrected chi connectivity index (χ1v) is 3.79. The van der Waals surface area contributed by atoms with E-state index in [9.17, 15) is 8.76 Å². The van der Waals surface area contributed by atoms with Crippen molar-refractivity contribution in [2.45, 2.75) is 11.9 Å². The van der Waals surface area contributed by atoms with Crippen LogP contribution in [0.15, 0.2) is 23.4 Å². The molecule has 1 unspecified atom stereocenters. The van der Waals surface area contributed by atoms with E-state index in [1.807, 2.05) is 6.92 Å². The second-order valence-corrected chi connectivity index (χ2v) is 2.79. The molecule has 1 atom stereocenters. The fourth-order valence-corrected chi connectivity index (χ4v) is 1.03. The van der Waals surface area contributed by atoms with Gasteiger partial charge in [0.15, 0.2) is 0 Å². The lowest BCUT2D eigenvalue weighted by Gasteiger charge is -2.02. The summed E-state index contributed by atoms with van der Waals surface area (Å²) in [6, 6.07) is 3.26. The normalized spacial score (nSPS) is 13.0. The quantitative estimate of drug-likeness (QED) is 0.560. The van der Waals surface area contributed by atoms with E-state index >= 15 is 0 Å². The van der Waals surface area contributed by atoms with E-state index in [0.717, 1.165) is 5.56 Å². The third kappa shape index (κ3) is 1.62. The summed E-state index contributed by atoms with van der Waals surface area (Å²) in [6.07, 6.45) is 1.47. The second kappa shape index (κ2) is 2.90. The van der Waals surface area contributed by atoms with Gasteiger partial charge in [0, 0.05) is 6.20 Å². The van der Waals surface area contributed by atoms with E-state index in [1.54, 1.807) is 6.07 Å². The van der Waals surface area contributed by atoms with Crippen LogP contribution in [0, 0.1) is 6.92 Å². The molecule has 0 N–H and O–H groups in total. The van der Waals surface area contributed by atoms with Crippen LogP contribution in [0.1, 0.15) is 5.56 Å². The molecule has 0 amide bonds. The Bertz CT molecular complexity index is 262. The molecule has 0 radical (unpaired) electrons. The minimum absolute atomic E-state index is 0.0972. The SMILES string of the molecule is Cc1ccnc(S(=O)[O-])c1. The lowest BCUT2D eigenvalue weighted by atomic mass is 10.3. The molecular weight excluding hydrogens is 150 g/mol. The van der Waals surface area contributed by atoms with Crippen molar-refractivity contribution in [1.82, 2.24) is 4.98 Å². The molecule has 0 saturated heterocycles. The van der Waals surface area contributed by atoms with Gasteiger partial charge in [-0.3, -0.25) is 4.21 Å². The van der Waals surface area contributed by atoms with Gasteiger partial charge in [-0.1, -0.05) is 0 Å². The van der Waals surface area contributed by atoms with Crippen LogP contribution >= 0.6 is 0 Å². The highest BCUT2D eigenvalue weighted by Crippen LogP contribution is 2.01. The fraction of sp³-hybridized carbons (Fsp3) is 0.167. The van der Waals surface area contributed by atoms with Crippen LogP contribution in [-0.2, 0) is 11.1 Å². The Morgan fingerprint density at radius 1 is 1.70 bits per heavy atom. The van der Waals surface area contributed by atoms with Crippen molar-refractivity contribution >= 4 is 11.1 Å². The number of aromatic nitrogens is 1. The standard InChI is InChI=1S/C6H7NO2S/c1-5-2-3-7-6(4-5)10(8)9/h2-4H,1H3,(H,8,9)/p-1. The largest absolute Gasteiger partial charge is 0.767 e. The van der Waals surface area contributed by atoms with Crippen molar-refractivity contribution in [3.05, 3.63) is 23.9 Å². The zero-order chi connectivity index (χ0) is 7.56. The maximum atomic E-state index is 10.3. The van der Waals surface area contributed by atoms with E-state index in [-0.39, 0.29) is 5.03 Å². The summed E-state index contributed by atoms with van der Waals surface area (Å²) in [5, 5.41) is 0.0972. The Labute approximate surface area is 61.4 Å². The van der Waals surface area contributed by atoms with Crippen molar-refractivity contribution in [2.24, 2.45) is 0 Å². The van der Waals surface area contributed by atoms with Gasteiger partial charge in [0.05, 0.1) is 0 Å². The van der Waals surface area contributed by atoms with Crippen LogP contribution in [0.3, 0.4) is 0 Å². The van der Waals surface area contributed by atoms with Crippen molar-refractivity contribution in [3.8, 4) is 0 Å². The summed E-state index contributed by atoms with van der Waals surface area (Å²) in [7, 11) is 0. The summed E-state index contributed by atoms with van der Waals surface area (Å²) < 4.78 is 20.6. The van der Waals surface area contributed by atoms with Crippen LogP contribution in [0.5, 0.6) is 0 Å². The molecule has 0 aliphatic carbocycles. The van der Waals surface area contributed by atoms with Crippen LogP contribution in [-0.4, -0.2) is 13.7 Å². The van der Waals surface area contributed by atoms with Crippen molar-refractivity contribution < 1.29 is 8.76 Å². The smallest absolute Gasteiger partial charge is 0.113 e. The molecule has 0 aliphatic heterocycles. The maximum absolute atomic E-state index is 10.3. The molecule has 1 rings (SSSR count). The first-order chi connectivity index (χ1) is 4.70. The van der Waals surface area contributed by atoms with Gasteiger partial charge in [-0.15, -0.1) is 0 Å². The van der Waals surface area contributed by atoms with Gasteiger partial charge in [-0.25, -0.2) is 4.98 Å². The zero-order valence-corrected chi connectivity index (χ0v) is 6.22. The minimum Gasteiger partial charge on any atom is -0.767 e. The summed E-state index contributed by atoms with van der Waals surface area (Å²) >= 11 is -2.20. The third-order valence-corrected chi connectivity index (χ3v) is 1.63. The fourth-order valence-electron chi connectivity index (χ4n) is 0.600. The molecule has 0 aliphatic rings. The predicted octanol–water partition coefficient (Wildman–Crippen LogP) is 0.628. The molecule has 0 bridgehead atoms. The molecule has 0 fully saturated rings. The van der Waals surface area contributed by atoms with Crippen molar-refractivity contribution in [1.29, 1.82) is 0 Å². The number of aryl methyl sites for hydroxylation is 1. The average Bonchev–Trinajstić information content (AvgIpc) is 1.88. The summed E-state index contributed by atoms with van der Waals surface area (Å²) in [5.41, 5.74) is 0.897. The van der Waals surface area contributed by atoms with Gasteiger partial charge in [-0.05, 0) is 35.7 Å². The predicted molar refractivity (Wildman–Crippen MR) is 36.2 cm³/mol. The Balaban J connectivity index is 3.07. The highest BCUT2D eigenvalue weighted by molar-refractivity contribution is 7.79. The van der Waals surface area contributed by atoms with Gasteiger partial charge in [0.25, 0.3) is 0 Å². The topological polar surface area (TPSA) is 53.0 Å². The summed E-state index contributed by atoms with van der Waals surface area (Å²) in [6.45, 7) is 1.82. The molecule has 10 heavy (non-hydrogen) atoms. The van der Waals surface area contributed by atoms with Gasteiger partial charge in [-0.2, -0.15) is 0 Å². The average molecular weight is 156 g/mol. The highest BCUT2D eigenvalue weighted by atomic mass is 32.2. The number of pyridine rings is 1. The first kappa shape index (κ1) is 7.37. The number of hydrogen-bond acceptors (Lipinski definition) is 3. The molecule has 0 saturated carbocycles. The van der Waals surface area contributed by atoms with Gasteiger partial charge in [0.1, 0.15) is 5.03 Å². The van der Waals surface area contributed by atoms with E-state index in [4.69, 9.17) is 0 Å². The monoisotopic (exact) mass is 156 g/mol. The Kier molecular flexibility index (Phi) is 2.13. The zero-order valence-electron chi connectivity index (χ0n) is 5.40. The molecule has 1 heterocycles. The third-order valence-electron chi connectivity index (χ3n) is 1.06. The second-order valence-electron chi connectivity index (χ2n) is 1.91. The van der Waals surface area contributed by atoms with Gasteiger partial charge in [0.2, 0.25) is 0 Å². The summed E-state index contributed by atoms with van der Waals surface area (Å²) in [5.74, 6) is 0. The van der Waals surface area contributed by atoms with E-state index in [1.165, 1.54) is 12.3 Å². The van der Waals surface area contributed by atoms with Gasteiger partial charge < -0.3 is 4.55 Å². The Morgan fingerprint density at radius 2 is 2.40 bits per heavy atom. The molecule has 4 heteroatoms. The van der Waals surface area contributed by atoms with Crippen LogP contribution < -0.4 is 0 Å². The van der Waals surface area contributed by atoms with E-state index in [2.05, 4.69) is 4.98 Å². The molecule has 54 valence electrons. The molecule has 1 aromatic rings. The van der Waals surface area contributed by atoms with Crippen LogP contribution in [0.25, 0.3) is 0 Å². The molecule has 0 spiro atoms. The van der Waals surface area contributed by atoms with Crippen molar-refractivity contribution in [3.63, 3.8) is 0 Å². The minimum atomic E-state index is -2.20. The molecule has 3 nitrogen and oxygen atoms in total. The van der Waals surface area contributed by atoms with Crippen LogP contribution in [0.2, 0.25) is 0 Å². The van der Waals surface area contributed by atoms with E-state index in [0.29, 0.717) is 0 Å². The first-order valence-electron chi connectivity index (χ1n) is 2.72.